The van der Waals surface area contributed by atoms with Crippen molar-refractivity contribution < 1.29 is 13.2 Å². The quantitative estimate of drug-likeness (QED) is 0.796. The molecule has 17 heavy (non-hydrogen) atoms. The van der Waals surface area contributed by atoms with E-state index in [1.54, 1.807) is 7.05 Å². The highest BCUT2D eigenvalue weighted by Crippen LogP contribution is 2.44. The van der Waals surface area contributed by atoms with E-state index in [0.717, 1.165) is 19.3 Å². The molecule has 0 aliphatic heterocycles. The van der Waals surface area contributed by atoms with Gasteiger partial charge in [-0.15, -0.1) is 0 Å². The maximum Gasteiger partial charge on any atom is 0.392 e. The maximum atomic E-state index is 13.0. The fourth-order valence-corrected chi connectivity index (χ4v) is 3.17. The van der Waals surface area contributed by atoms with Crippen molar-refractivity contribution in [3.05, 3.63) is 0 Å². The zero-order chi connectivity index (χ0) is 13.1. The summed E-state index contributed by atoms with van der Waals surface area (Å²) in [5.41, 5.74) is 0. The highest BCUT2D eigenvalue weighted by molar-refractivity contribution is 4.89. The fourth-order valence-electron chi connectivity index (χ4n) is 3.17. The summed E-state index contributed by atoms with van der Waals surface area (Å²) in [5, 5.41) is 3.12. The number of rotatable bonds is 4. The van der Waals surface area contributed by atoms with Crippen LogP contribution in [-0.2, 0) is 0 Å². The van der Waals surface area contributed by atoms with E-state index < -0.39 is 12.1 Å². The van der Waals surface area contributed by atoms with Crippen LogP contribution in [0, 0.1) is 17.8 Å². The van der Waals surface area contributed by atoms with Crippen molar-refractivity contribution in [1.82, 2.24) is 5.32 Å². The highest BCUT2D eigenvalue weighted by atomic mass is 19.4. The van der Waals surface area contributed by atoms with Crippen LogP contribution in [0.2, 0.25) is 0 Å². The van der Waals surface area contributed by atoms with E-state index in [2.05, 4.69) is 5.32 Å². The second-order valence-electron chi connectivity index (χ2n) is 5.30. The van der Waals surface area contributed by atoms with Crippen molar-refractivity contribution >= 4 is 0 Å². The zero-order valence-electron chi connectivity index (χ0n) is 11.0. The zero-order valence-corrected chi connectivity index (χ0v) is 11.0. The van der Waals surface area contributed by atoms with Crippen molar-refractivity contribution in [2.45, 2.75) is 58.2 Å². The predicted molar refractivity (Wildman–Crippen MR) is 63.8 cm³/mol. The predicted octanol–water partition coefficient (Wildman–Crippen LogP) is 3.99. The maximum absolute atomic E-state index is 13.0. The largest absolute Gasteiger partial charge is 0.392 e. The van der Waals surface area contributed by atoms with Gasteiger partial charge in [0.2, 0.25) is 0 Å². The van der Waals surface area contributed by atoms with Gasteiger partial charge in [0.05, 0.1) is 5.92 Å². The second kappa shape index (κ2) is 6.07. The molecule has 1 fully saturated rings. The van der Waals surface area contributed by atoms with Crippen molar-refractivity contribution in [2.75, 3.05) is 7.05 Å². The van der Waals surface area contributed by atoms with Gasteiger partial charge >= 0.3 is 6.18 Å². The average molecular weight is 251 g/mol. The molecule has 0 aromatic carbocycles. The fraction of sp³-hybridized carbons (Fsp3) is 1.00. The molecular weight excluding hydrogens is 227 g/mol. The van der Waals surface area contributed by atoms with Crippen molar-refractivity contribution in [3.63, 3.8) is 0 Å². The monoisotopic (exact) mass is 251 g/mol. The molecular formula is C13H24F3N. The van der Waals surface area contributed by atoms with Gasteiger partial charge in [-0.3, -0.25) is 0 Å². The van der Waals surface area contributed by atoms with E-state index in [-0.39, 0.29) is 12.0 Å². The summed E-state index contributed by atoms with van der Waals surface area (Å²) in [6.07, 6.45) is -0.438. The van der Waals surface area contributed by atoms with Gasteiger partial charge < -0.3 is 5.32 Å². The molecule has 1 aliphatic rings. The third-order valence-corrected chi connectivity index (χ3v) is 4.29. The molecule has 1 saturated carbocycles. The Bertz CT molecular complexity index is 227. The third kappa shape index (κ3) is 3.60. The molecule has 0 spiro atoms. The van der Waals surface area contributed by atoms with Gasteiger partial charge in [-0.25, -0.2) is 0 Å². The summed E-state index contributed by atoms with van der Waals surface area (Å²) < 4.78 is 39.1. The van der Waals surface area contributed by atoms with Gasteiger partial charge in [0, 0.05) is 6.04 Å². The van der Waals surface area contributed by atoms with Crippen LogP contribution < -0.4 is 5.32 Å². The summed E-state index contributed by atoms with van der Waals surface area (Å²) in [7, 11) is 1.79. The first kappa shape index (κ1) is 14.8. The molecule has 1 nitrogen and oxygen atoms in total. The van der Waals surface area contributed by atoms with E-state index in [1.807, 2.05) is 13.8 Å². The van der Waals surface area contributed by atoms with Crippen LogP contribution in [-0.4, -0.2) is 19.3 Å². The summed E-state index contributed by atoms with van der Waals surface area (Å²) in [4.78, 5) is 0. The molecule has 1 N–H and O–H groups in total. The Hall–Kier alpha value is -0.250. The van der Waals surface area contributed by atoms with Crippen LogP contribution in [0.15, 0.2) is 0 Å². The van der Waals surface area contributed by atoms with E-state index in [0.29, 0.717) is 18.8 Å². The molecule has 0 bridgehead atoms. The second-order valence-corrected chi connectivity index (χ2v) is 5.30. The van der Waals surface area contributed by atoms with E-state index in [1.165, 1.54) is 0 Å². The normalized spacial score (nSPS) is 30.0. The van der Waals surface area contributed by atoms with Gasteiger partial charge in [-0.1, -0.05) is 33.1 Å². The number of halogens is 3. The lowest BCUT2D eigenvalue weighted by Crippen LogP contribution is -2.47. The molecule has 0 heterocycles. The first-order chi connectivity index (χ1) is 7.91. The molecule has 0 aromatic heterocycles. The van der Waals surface area contributed by atoms with Crippen LogP contribution >= 0.6 is 0 Å². The molecule has 0 radical (unpaired) electrons. The molecule has 4 unspecified atom stereocenters. The average Bonchev–Trinajstić information content (AvgIpc) is 2.29. The molecule has 4 heteroatoms. The van der Waals surface area contributed by atoms with Crippen LogP contribution in [0.3, 0.4) is 0 Å². The molecule has 0 amide bonds. The Kier molecular flexibility index (Phi) is 5.29. The van der Waals surface area contributed by atoms with Gasteiger partial charge in [0.25, 0.3) is 0 Å². The summed E-state index contributed by atoms with van der Waals surface area (Å²) in [6.45, 7) is 4.09. The van der Waals surface area contributed by atoms with Crippen LogP contribution in [0.1, 0.15) is 46.0 Å². The minimum absolute atomic E-state index is 0.00748. The molecule has 102 valence electrons. The Morgan fingerprint density at radius 3 is 2.29 bits per heavy atom. The van der Waals surface area contributed by atoms with Crippen LogP contribution in [0.5, 0.6) is 0 Å². The lowest BCUT2D eigenvalue weighted by atomic mass is 9.71. The van der Waals surface area contributed by atoms with Gasteiger partial charge in [0.15, 0.2) is 0 Å². The molecule has 1 aliphatic carbocycles. The molecule has 1 rings (SSSR count). The minimum Gasteiger partial charge on any atom is -0.316 e. The number of alkyl halides is 3. The van der Waals surface area contributed by atoms with Gasteiger partial charge in [-0.05, 0) is 31.7 Å². The van der Waals surface area contributed by atoms with E-state index in [9.17, 15) is 13.2 Å². The van der Waals surface area contributed by atoms with Crippen LogP contribution in [0.25, 0.3) is 0 Å². The van der Waals surface area contributed by atoms with Crippen LogP contribution in [0.4, 0.5) is 13.2 Å². The third-order valence-electron chi connectivity index (χ3n) is 4.29. The van der Waals surface area contributed by atoms with Gasteiger partial charge in [0.1, 0.15) is 0 Å². The summed E-state index contributed by atoms with van der Waals surface area (Å²) in [5.74, 6) is -1.06. The first-order valence-electron chi connectivity index (χ1n) is 6.65. The highest BCUT2D eigenvalue weighted by Gasteiger charge is 2.48. The SMILES string of the molecule is CCC(C)C(NC)C1CCCCC1C(F)(F)F. The Morgan fingerprint density at radius 2 is 1.82 bits per heavy atom. The van der Waals surface area contributed by atoms with Crippen molar-refractivity contribution in [3.8, 4) is 0 Å². The standard InChI is InChI=1S/C13H24F3N/c1-4-9(2)12(17-3)10-7-5-6-8-11(10)13(14,15)16/h9-12,17H,4-8H2,1-3H3. The molecule has 4 atom stereocenters. The number of hydrogen-bond acceptors (Lipinski definition) is 1. The molecule has 0 aromatic rings. The number of hydrogen-bond donors (Lipinski definition) is 1. The van der Waals surface area contributed by atoms with E-state index in [4.69, 9.17) is 0 Å². The summed E-state index contributed by atoms with van der Waals surface area (Å²) >= 11 is 0. The topological polar surface area (TPSA) is 12.0 Å². The first-order valence-corrected chi connectivity index (χ1v) is 6.65. The smallest absolute Gasteiger partial charge is 0.316 e. The van der Waals surface area contributed by atoms with Crippen molar-refractivity contribution in [1.29, 1.82) is 0 Å². The van der Waals surface area contributed by atoms with Gasteiger partial charge in [-0.2, -0.15) is 13.2 Å². The Balaban J connectivity index is 2.82. The minimum atomic E-state index is -4.03. The van der Waals surface area contributed by atoms with E-state index >= 15 is 0 Å². The Morgan fingerprint density at radius 1 is 1.24 bits per heavy atom. The molecule has 0 saturated heterocycles. The number of nitrogens with one attached hydrogen (secondary N) is 1. The Labute approximate surface area is 102 Å². The lowest BCUT2D eigenvalue weighted by molar-refractivity contribution is -0.200. The summed E-state index contributed by atoms with van der Waals surface area (Å²) in [6, 6.07) is -0.00748. The van der Waals surface area contributed by atoms with Crippen molar-refractivity contribution in [2.24, 2.45) is 17.8 Å². The lowest BCUT2D eigenvalue weighted by Gasteiger charge is -2.40.